The zero-order valence-electron chi connectivity index (χ0n) is 11.8. The molecule has 1 fully saturated rings. The van der Waals surface area contributed by atoms with Gasteiger partial charge in [-0.1, -0.05) is 0 Å². The van der Waals surface area contributed by atoms with Crippen LogP contribution in [-0.2, 0) is 9.47 Å². The van der Waals surface area contributed by atoms with Gasteiger partial charge in [0.1, 0.15) is 0 Å². The standard InChI is InChI=1S/C14H20N2O4/c1-10(2)20-14(15-9-11-5-3-7-18-11)16-13(17)12-6-4-8-19-12/h4,6,8,10-11H,3,5,7,9H2,1-2H3,(H,15,16,17)/t11-/m0/s1. The number of carbonyl (C=O) groups is 1. The predicted octanol–water partition coefficient (Wildman–Crippen LogP) is 1.97. The number of ether oxygens (including phenoxy) is 2. The molecule has 6 heteroatoms. The summed E-state index contributed by atoms with van der Waals surface area (Å²) in [7, 11) is 0. The molecule has 0 radical (unpaired) electrons. The summed E-state index contributed by atoms with van der Waals surface area (Å²) in [5.41, 5.74) is 0. The Balaban J connectivity index is 1.95. The lowest BCUT2D eigenvalue weighted by molar-refractivity contribution is 0.0929. The Morgan fingerprint density at radius 1 is 1.60 bits per heavy atom. The van der Waals surface area contributed by atoms with Crippen LogP contribution in [0, 0.1) is 0 Å². The summed E-state index contributed by atoms with van der Waals surface area (Å²) < 4.78 is 16.0. The summed E-state index contributed by atoms with van der Waals surface area (Å²) in [5.74, 6) is -0.149. The van der Waals surface area contributed by atoms with Crippen LogP contribution in [0.1, 0.15) is 37.2 Å². The number of amides is 1. The molecular weight excluding hydrogens is 260 g/mol. The second kappa shape index (κ2) is 7.09. The van der Waals surface area contributed by atoms with E-state index in [0.29, 0.717) is 6.54 Å². The molecule has 0 bridgehead atoms. The van der Waals surface area contributed by atoms with Crippen molar-refractivity contribution in [3.05, 3.63) is 24.2 Å². The summed E-state index contributed by atoms with van der Waals surface area (Å²) in [5, 5.41) is 2.61. The zero-order valence-corrected chi connectivity index (χ0v) is 11.8. The molecule has 1 atom stereocenters. The largest absolute Gasteiger partial charge is 0.462 e. The Labute approximate surface area is 118 Å². The highest BCUT2D eigenvalue weighted by molar-refractivity contribution is 6.02. The molecule has 0 aliphatic carbocycles. The van der Waals surface area contributed by atoms with Crippen LogP contribution in [0.3, 0.4) is 0 Å². The van der Waals surface area contributed by atoms with E-state index in [2.05, 4.69) is 10.3 Å². The number of hydrogen-bond donors (Lipinski definition) is 1. The second-order valence-electron chi connectivity index (χ2n) is 4.88. The van der Waals surface area contributed by atoms with E-state index in [1.807, 2.05) is 13.8 Å². The van der Waals surface area contributed by atoms with Crippen LogP contribution in [0.4, 0.5) is 0 Å². The van der Waals surface area contributed by atoms with Crippen molar-refractivity contribution in [2.75, 3.05) is 13.2 Å². The Bertz CT molecular complexity index is 448. The van der Waals surface area contributed by atoms with Crippen molar-refractivity contribution in [3.8, 4) is 0 Å². The van der Waals surface area contributed by atoms with Crippen LogP contribution in [0.5, 0.6) is 0 Å². The summed E-state index contributed by atoms with van der Waals surface area (Å²) >= 11 is 0. The maximum absolute atomic E-state index is 11.9. The monoisotopic (exact) mass is 280 g/mol. The highest BCUT2D eigenvalue weighted by Gasteiger charge is 2.17. The molecule has 2 rings (SSSR count). The minimum absolute atomic E-state index is 0.0739. The number of nitrogens with zero attached hydrogens (tertiary/aromatic N) is 1. The number of hydrogen-bond acceptors (Lipinski definition) is 5. The normalized spacial score (nSPS) is 19.4. The van der Waals surface area contributed by atoms with Gasteiger partial charge >= 0.3 is 0 Å². The Kier molecular flexibility index (Phi) is 5.17. The van der Waals surface area contributed by atoms with E-state index in [1.165, 1.54) is 6.26 Å². The molecule has 1 aromatic heterocycles. The van der Waals surface area contributed by atoms with E-state index in [0.717, 1.165) is 19.4 Å². The molecule has 110 valence electrons. The number of nitrogens with one attached hydrogen (secondary N) is 1. The highest BCUT2D eigenvalue weighted by Crippen LogP contribution is 2.12. The average Bonchev–Trinajstić information content (AvgIpc) is 3.08. The summed E-state index contributed by atoms with van der Waals surface area (Å²) in [6.07, 6.45) is 3.53. The summed E-state index contributed by atoms with van der Waals surface area (Å²) in [6.45, 7) is 5.01. The molecule has 1 aliphatic heterocycles. The van der Waals surface area contributed by atoms with Gasteiger partial charge < -0.3 is 13.9 Å². The van der Waals surface area contributed by atoms with Crippen LogP contribution in [-0.4, -0.2) is 37.3 Å². The second-order valence-corrected chi connectivity index (χ2v) is 4.88. The molecule has 0 spiro atoms. The van der Waals surface area contributed by atoms with E-state index >= 15 is 0 Å². The fraction of sp³-hybridized carbons (Fsp3) is 0.571. The van der Waals surface area contributed by atoms with Gasteiger partial charge in [-0.2, -0.15) is 0 Å². The topological polar surface area (TPSA) is 73.1 Å². The molecule has 20 heavy (non-hydrogen) atoms. The Morgan fingerprint density at radius 3 is 3.05 bits per heavy atom. The molecule has 0 unspecified atom stereocenters. The van der Waals surface area contributed by atoms with Gasteiger partial charge in [0.25, 0.3) is 11.9 Å². The summed E-state index contributed by atoms with van der Waals surface area (Å²) in [4.78, 5) is 16.2. The molecule has 0 saturated carbocycles. The first-order valence-corrected chi connectivity index (χ1v) is 6.82. The van der Waals surface area contributed by atoms with Gasteiger partial charge in [-0.05, 0) is 38.8 Å². The van der Waals surface area contributed by atoms with Gasteiger partial charge in [0, 0.05) is 6.61 Å². The minimum atomic E-state index is -0.373. The SMILES string of the molecule is CC(C)OC(=NC[C@@H]1CCCO1)NC(=O)c1ccco1. The molecule has 0 aromatic carbocycles. The zero-order chi connectivity index (χ0) is 14.4. The maximum atomic E-state index is 11.9. The van der Waals surface area contributed by atoms with E-state index in [-0.39, 0.29) is 29.9 Å². The number of furan rings is 1. The molecule has 1 amide bonds. The van der Waals surface area contributed by atoms with Gasteiger partial charge in [0.2, 0.25) is 0 Å². The third-order valence-electron chi connectivity index (χ3n) is 2.78. The van der Waals surface area contributed by atoms with E-state index in [1.54, 1.807) is 12.1 Å². The average molecular weight is 280 g/mol. The van der Waals surface area contributed by atoms with Crippen LogP contribution in [0.2, 0.25) is 0 Å². The van der Waals surface area contributed by atoms with Crippen molar-refractivity contribution in [3.63, 3.8) is 0 Å². The molecule has 2 heterocycles. The van der Waals surface area contributed by atoms with Crippen molar-refractivity contribution >= 4 is 11.9 Å². The first-order chi connectivity index (χ1) is 9.65. The molecule has 1 aliphatic rings. The molecule has 6 nitrogen and oxygen atoms in total. The van der Waals surface area contributed by atoms with Gasteiger partial charge in [0.05, 0.1) is 25.0 Å². The Hall–Kier alpha value is -1.82. The predicted molar refractivity (Wildman–Crippen MR) is 73.7 cm³/mol. The highest BCUT2D eigenvalue weighted by atomic mass is 16.5. The fourth-order valence-corrected chi connectivity index (χ4v) is 1.87. The number of carbonyl (C=O) groups excluding carboxylic acids is 1. The molecule has 1 aromatic rings. The van der Waals surface area contributed by atoms with E-state index in [9.17, 15) is 4.79 Å². The van der Waals surface area contributed by atoms with E-state index < -0.39 is 0 Å². The number of rotatable bonds is 4. The van der Waals surface area contributed by atoms with Gasteiger partial charge in [-0.25, -0.2) is 4.99 Å². The minimum Gasteiger partial charge on any atom is -0.462 e. The third kappa shape index (κ3) is 4.38. The third-order valence-corrected chi connectivity index (χ3v) is 2.78. The van der Waals surface area contributed by atoms with Crippen molar-refractivity contribution < 1.29 is 18.7 Å². The first kappa shape index (κ1) is 14.6. The van der Waals surface area contributed by atoms with Crippen molar-refractivity contribution in [1.82, 2.24) is 5.32 Å². The fourth-order valence-electron chi connectivity index (χ4n) is 1.87. The maximum Gasteiger partial charge on any atom is 0.294 e. The first-order valence-electron chi connectivity index (χ1n) is 6.82. The van der Waals surface area contributed by atoms with Crippen LogP contribution >= 0.6 is 0 Å². The van der Waals surface area contributed by atoms with Gasteiger partial charge in [-0.3, -0.25) is 10.1 Å². The smallest absolute Gasteiger partial charge is 0.294 e. The van der Waals surface area contributed by atoms with Crippen LogP contribution in [0.15, 0.2) is 27.8 Å². The number of aliphatic imine (C=N–C) groups is 1. The molecule has 1 N–H and O–H groups in total. The van der Waals surface area contributed by atoms with Gasteiger partial charge in [-0.15, -0.1) is 0 Å². The van der Waals surface area contributed by atoms with E-state index in [4.69, 9.17) is 13.9 Å². The number of amidine groups is 1. The van der Waals surface area contributed by atoms with Gasteiger partial charge in [0.15, 0.2) is 5.76 Å². The lowest BCUT2D eigenvalue weighted by Gasteiger charge is -2.14. The Morgan fingerprint density at radius 2 is 2.45 bits per heavy atom. The lowest BCUT2D eigenvalue weighted by atomic mass is 10.2. The lowest BCUT2D eigenvalue weighted by Crippen LogP contribution is -2.34. The van der Waals surface area contributed by atoms with Crippen molar-refractivity contribution in [2.45, 2.75) is 38.9 Å². The summed E-state index contributed by atoms with van der Waals surface area (Å²) in [6, 6.07) is 3.45. The molecule has 1 saturated heterocycles. The van der Waals surface area contributed by atoms with Crippen molar-refractivity contribution in [2.24, 2.45) is 4.99 Å². The van der Waals surface area contributed by atoms with Crippen LogP contribution < -0.4 is 5.32 Å². The van der Waals surface area contributed by atoms with Crippen molar-refractivity contribution in [1.29, 1.82) is 0 Å². The molecular formula is C14H20N2O4. The van der Waals surface area contributed by atoms with Crippen LogP contribution in [0.25, 0.3) is 0 Å². The quantitative estimate of drug-likeness (QED) is 0.676.